The molecule has 0 bridgehead atoms. The molecule has 0 fully saturated rings. The number of imidazole rings is 1. The van der Waals surface area contributed by atoms with Gasteiger partial charge in [-0.05, 0) is 6.92 Å². The van der Waals surface area contributed by atoms with E-state index in [-0.39, 0.29) is 0 Å². The van der Waals surface area contributed by atoms with Gasteiger partial charge < -0.3 is 9.88 Å². The van der Waals surface area contributed by atoms with Gasteiger partial charge in [0.1, 0.15) is 23.1 Å². The van der Waals surface area contributed by atoms with E-state index >= 15 is 0 Å². The van der Waals surface area contributed by atoms with E-state index in [0.29, 0.717) is 5.15 Å². The molecule has 0 aliphatic rings. The first kappa shape index (κ1) is 11.9. The number of anilines is 1. The van der Waals surface area contributed by atoms with Crippen LogP contribution in [0.1, 0.15) is 11.4 Å². The Labute approximate surface area is 105 Å². The standard InChI is InChI=1S/C11H14ClN5/c1-8-10(12)15-7-16-11(8)14-4-3-9-13-5-6-17(9)2/h5-7H,3-4H2,1-2H3,(H,14,15,16). The number of nitrogens with one attached hydrogen (secondary N) is 1. The predicted molar refractivity (Wildman–Crippen MR) is 67.2 cm³/mol. The molecule has 17 heavy (non-hydrogen) atoms. The fraction of sp³-hybridized carbons (Fsp3) is 0.364. The molecule has 0 aliphatic heterocycles. The topological polar surface area (TPSA) is 55.6 Å². The summed E-state index contributed by atoms with van der Waals surface area (Å²) in [6.07, 6.45) is 6.02. The van der Waals surface area contributed by atoms with Crippen molar-refractivity contribution in [2.75, 3.05) is 11.9 Å². The van der Waals surface area contributed by atoms with Crippen molar-refractivity contribution < 1.29 is 0 Å². The summed E-state index contributed by atoms with van der Waals surface area (Å²) in [5, 5.41) is 3.72. The van der Waals surface area contributed by atoms with Gasteiger partial charge in [-0.15, -0.1) is 0 Å². The predicted octanol–water partition coefficient (Wildman–Crippen LogP) is 1.83. The molecule has 0 radical (unpaired) electrons. The van der Waals surface area contributed by atoms with Crippen molar-refractivity contribution in [3.05, 3.63) is 35.3 Å². The second-order valence-corrected chi connectivity index (χ2v) is 4.13. The lowest BCUT2D eigenvalue weighted by molar-refractivity contribution is 0.788. The molecule has 0 amide bonds. The molecule has 6 heteroatoms. The van der Waals surface area contributed by atoms with Crippen LogP contribution in [0.5, 0.6) is 0 Å². The third-order valence-electron chi connectivity index (χ3n) is 2.58. The van der Waals surface area contributed by atoms with E-state index in [1.165, 1.54) is 6.33 Å². The normalized spacial score (nSPS) is 10.5. The highest BCUT2D eigenvalue weighted by atomic mass is 35.5. The van der Waals surface area contributed by atoms with Gasteiger partial charge in [0.25, 0.3) is 0 Å². The molecule has 0 aliphatic carbocycles. The summed E-state index contributed by atoms with van der Waals surface area (Å²) in [6, 6.07) is 0. The zero-order valence-electron chi connectivity index (χ0n) is 9.81. The van der Waals surface area contributed by atoms with Crippen molar-refractivity contribution in [2.24, 2.45) is 7.05 Å². The van der Waals surface area contributed by atoms with E-state index in [9.17, 15) is 0 Å². The first-order chi connectivity index (χ1) is 8.18. The maximum absolute atomic E-state index is 5.91. The van der Waals surface area contributed by atoms with Gasteiger partial charge in [0.05, 0.1) is 0 Å². The summed E-state index contributed by atoms with van der Waals surface area (Å²) in [4.78, 5) is 12.3. The van der Waals surface area contributed by atoms with Crippen molar-refractivity contribution >= 4 is 17.4 Å². The van der Waals surface area contributed by atoms with E-state index in [1.807, 2.05) is 24.7 Å². The Morgan fingerprint density at radius 1 is 1.35 bits per heavy atom. The number of hydrogen-bond acceptors (Lipinski definition) is 4. The van der Waals surface area contributed by atoms with Crippen LogP contribution in [0.15, 0.2) is 18.7 Å². The number of aromatic nitrogens is 4. The van der Waals surface area contributed by atoms with Crippen LogP contribution in [0.4, 0.5) is 5.82 Å². The minimum atomic E-state index is 0.486. The van der Waals surface area contributed by atoms with Crippen molar-refractivity contribution in [3.63, 3.8) is 0 Å². The van der Waals surface area contributed by atoms with Gasteiger partial charge in [-0.25, -0.2) is 15.0 Å². The number of halogens is 1. The smallest absolute Gasteiger partial charge is 0.137 e. The molecular weight excluding hydrogens is 238 g/mol. The first-order valence-electron chi connectivity index (χ1n) is 5.35. The molecule has 0 unspecified atom stereocenters. The molecule has 0 aromatic carbocycles. The number of rotatable bonds is 4. The number of hydrogen-bond donors (Lipinski definition) is 1. The summed E-state index contributed by atoms with van der Waals surface area (Å²) in [6.45, 7) is 2.66. The summed E-state index contributed by atoms with van der Waals surface area (Å²) < 4.78 is 2.00. The van der Waals surface area contributed by atoms with E-state index in [0.717, 1.165) is 30.2 Å². The van der Waals surface area contributed by atoms with Crippen molar-refractivity contribution in [1.82, 2.24) is 19.5 Å². The highest BCUT2D eigenvalue weighted by Gasteiger charge is 2.04. The van der Waals surface area contributed by atoms with Crippen molar-refractivity contribution in [3.8, 4) is 0 Å². The molecule has 1 N–H and O–H groups in total. The second kappa shape index (κ2) is 5.14. The molecule has 2 heterocycles. The van der Waals surface area contributed by atoms with Crippen molar-refractivity contribution in [1.29, 1.82) is 0 Å². The Kier molecular flexibility index (Phi) is 3.58. The van der Waals surface area contributed by atoms with E-state index < -0.39 is 0 Å². The molecular formula is C11H14ClN5. The number of aryl methyl sites for hydroxylation is 1. The van der Waals surface area contributed by atoms with Gasteiger partial charge in [-0.1, -0.05) is 11.6 Å². The number of nitrogens with zero attached hydrogens (tertiary/aromatic N) is 4. The monoisotopic (exact) mass is 251 g/mol. The highest BCUT2D eigenvalue weighted by molar-refractivity contribution is 6.30. The Balaban J connectivity index is 1.95. The first-order valence-corrected chi connectivity index (χ1v) is 5.73. The maximum Gasteiger partial charge on any atom is 0.137 e. The molecule has 2 rings (SSSR count). The molecule has 0 atom stereocenters. The van der Waals surface area contributed by atoms with Crippen LogP contribution in [0.3, 0.4) is 0 Å². The van der Waals surface area contributed by atoms with Gasteiger partial charge in [0, 0.05) is 38.0 Å². The highest BCUT2D eigenvalue weighted by Crippen LogP contribution is 2.17. The fourth-order valence-electron chi connectivity index (χ4n) is 1.54. The molecule has 5 nitrogen and oxygen atoms in total. The van der Waals surface area contributed by atoms with Gasteiger partial charge in [0.15, 0.2) is 0 Å². The molecule has 0 spiro atoms. The Hall–Kier alpha value is -1.62. The lowest BCUT2D eigenvalue weighted by Gasteiger charge is -2.08. The average molecular weight is 252 g/mol. The van der Waals surface area contributed by atoms with Gasteiger partial charge in [0.2, 0.25) is 0 Å². The van der Waals surface area contributed by atoms with E-state index in [1.54, 1.807) is 6.20 Å². The van der Waals surface area contributed by atoms with Gasteiger partial charge in [-0.3, -0.25) is 0 Å². The third-order valence-corrected chi connectivity index (χ3v) is 2.97. The lowest BCUT2D eigenvalue weighted by atomic mass is 10.3. The van der Waals surface area contributed by atoms with Crippen LogP contribution in [0.2, 0.25) is 5.15 Å². The van der Waals surface area contributed by atoms with E-state index in [2.05, 4.69) is 20.3 Å². The Bertz CT molecular complexity index is 508. The lowest BCUT2D eigenvalue weighted by Crippen LogP contribution is -2.10. The van der Waals surface area contributed by atoms with Crippen molar-refractivity contribution in [2.45, 2.75) is 13.3 Å². The minimum Gasteiger partial charge on any atom is -0.369 e. The van der Waals surface area contributed by atoms with Crippen LogP contribution < -0.4 is 5.32 Å². The van der Waals surface area contributed by atoms with Crippen LogP contribution in [-0.4, -0.2) is 26.1 Å². The molecule has 90 valence electrons. The zero-order chi connectivity index (χ0) is 12.3. The Morgan fingerprint density at radius 3 is 2.88 bits per heavy atom. The molecule has 2 aromatic heterocycles. The summed E-state index contributed by atoms with van der Waals surface area (Å²) in [7, 11) is 1.98. The van der Waals surface area contributed by atoms with Crippen LogP contribution in [-0.2, 0) is 13.5 Å². The van der Waals surface area contributed by atoms with Gasteiger partial charge >= 0.3 is 0 Å². The SMILES string of the molecule is Cc1c(Cl)ncnc1NCCc1nccn1C. The second-order valence-electron chi connectivity index (χ2n) is 3.77. The summed E-state index contributed by atoms with van der Waals surface area (Å²) in [5.41, 5.74) is 0.869. The quantitative estimate of drug-likeness (QED) is 0.843. The Morgan fingerprint density at radius 2 is 2.18 bits per heavy atom. The summed E-state index contributed by atoms with van der Waals surface area (Å²) >= 11 is 5.91. The minimum absolute atomic E-state index is 0.486. The molecule has 0 saturated carbocycles. The van der Waals surface area contributed by atoms with Crippen LogP contribution >= 0.6 is 11.6 Å². The average Bonchev–Trinajstić information content (AvgIpc) is 2.71. The zero-order valence-corrected chi connectivity index (χ0v) is 10.6. The molecule has 0 saturated heterocycles. The fourth-order valence-corrected chi connectivity index (χ4v) is 1.67. The largest absolute Gasteiger partial charge is 0.369 e. The third kappa shape index (κ3) is 2.74. The van der Waals surface area contributed by atoms with E-state index in [4.69, 9.17) is 11.6 Å². The van der Waals surface area contributed by atoms with Gasteiger partial charge in [-0.2, -0.15) is 0 Å². The maximum atomic E-state index is 5.91. The van der Waals surface area contributed by atoms with Crippen LogP contribution in [0, 0.1) is 6.92 Å². The summed E-state index contributed by atoms with van der Waals surface area (Å²) in [5.74, 6) is 1.81. The molecule has 2 aromatic rings. The van der Waals surface area contributed by atoms with Crippen LogP contribution in [0.25, 0.3) is 0 Å².